The number of rotatable bonds is 2. The molecule has 0 aliphatic heterocycles. The minimum atomic E-state index is -0.132. The molecule has 2 nitrogen and oxygen atoms in total. The van der Waals surface area contributed by atoms with Crippen LogP contribution in [0, 0.1) is 13.8 Å². The van der Waals surface area contributed by atoms with Crippen LogP contribution in [0.1, 0.15) is 22.9 Å². The van der Waals surface area contributed by atoms with Gasteiger partial charge in [0.1, 0.15) is 0 Å². The van der Waals surface area contributed by atoms with Crippen molar-refractivity contribution in [1.29, 1.82) is 0 Å². The lowest BCUT2D eigenvalue weighted by Gasteiger charge is -2.12. The molecule has 1 aromatic carbocycles. The molecule has 82 valence electrons. The molecule has 16 heavy (non-hydrogen) atoms. The minimum Gasteiger partial charge on any atom is -0.321 e. The van der Waals surface area contributed by atoms with Crippen LogP contribution in [0.5, 0.6) is 0 Å². The van der Waals surface area contributed by atoms with Gasteiger partial charge in [-0.2, -0.15) is 0 Å². The van der Waals surface area contributed by atoms with Crippen LogP contribution in [0.2, 0.25) is 0 Å². The van der Waals surface area contributed by atoms with E-state index in [1.54, 1.807) is 6.08 Å². The highest BCUT2D eigenvalue weighted by Gasteiger charge is 2.08. The number of benzene rings is 1. The molecule has 2 heteroatoms. The van der Waals surface area contributed by atoms with E-state index in [1.807, 2.05) is 13.0 Å². The largest absolute Gasteiger partial charge is 0.321 e. The summed E-state index contributed by atoms with van der Waals surface area (Å²) in [5, 5.41) is 1.11. The Kier molecular flexibility index (Phi) is 2.75. The van der Waals surface area contributed by atoms with Gasteiger partial charge in [0.25, 0.3) is 0 Å². The van der Waals surface area contributed by atoms with Crippen molar-refractivity contribution in [3.63, 3.8) is 0 Å². The molecule has 0 fully saturated rings. The number of pyridine rings is 1. The molecule has 0 saturated carbocycles. The zero-order chi connectivity index (χ0) is 11.7. The lowest BCUT2D eigenvalue weighted by Crippen LogP contribution is -2.08. The summed E-state index contributed by atoms with van der Waals surface area (Å²) in [4.78, 5) is 4.52. The molecule has 2 rings (SSSR count). The van der Waals surface area contributed by atoms with Crippen molar-refractivity contribution in [2.75, 3.05) is 0 Å². The Hall–Kier alpha value is -1.67. The van der Waals surface area contributed by atoms with Crippen molar-refractivity contribution in [2.45, 2.75) is 19.9 Å². The molecule has 0 aliphatic carbocycles. The van der Waals surface area contributed by atoms with E-state index in [0.717, 1.165) is 22.2 Å². The molecular weight excluding hydrogens is 196 g/mol. The maximum absolute atomic E-state index is 6.02. The number of nitrogens with zero attached hydrogens (tertiary/aromatic N) is 1. The van der Waals surface area contributed by atoms with Crippen LogP contribution < -0.4 is 5.73 Å². The second-order valence-electron chi connectivity index (χ2n) is 4.13. The van der Waals surface area contributed by atoms with Crippen molar-refractivity contribution in [2.24, 2.45) is 5.73 Å². The van der Waals surface area contributed by atoms with Crippen LogP contribution in [0.15, 0.2) is 36.9 Å². The molecular formula is C14H16N2. The Balaban J connectivity index is 2.77. The van der Waals surface area contributed by atoms with Gasteiger partial charge >= 0.3 is 0 Å². The SMILES string of the molecule is C=C[C@@H](N)c1cc(C)nc2cc(C)ccc12. The molecule has 0 bridgehead atoms. The monoisotopic (exact) mass is 212 g/mol. The number of hydrogen-bond acceptors (Lipinski definition) is 2. The van der Waals surface area contributed by atoms with Gasteiger partial charge in [0.05, 0.1) is 5.52 Å². The molecule has 2 N–H and O–H groups in total. The third-order valence-corrected chi connectivity index (χ3v) is 2.74. The fraction of sp³-hybridized carbons (Fsp3) is 0.214. The van der Waals surface area contributed by atoms with Crippen LogP contribution in [-0.2, 0) is 0 Å². The average Bonchev–Trinajstić information content (AvgIpc) is 2.26. The number of fused-ring (bicyclic) bond motifs is 1. The van der Waals surface area contributed by atoms with Crippen molar-refractivity contribution in [1.82, 2.24) is 4.98 Å². The van der Waals surface area contributed by atoms with Crippen molar-refractivity contribution in [3.05, 3.63) is 53.7 Å². The fourth-order valence-electron chi connectivity index (χ4n) is 1.91. The molecule has 0 radical (unpaired) electrons. The maximum atomic E-state index is 6.02. The van der Waals surface area contributed by atoms with E-state index in [-0.39, 0.29) is 6.04 Å². The zero-order valence-electron chi connectivity index (χ0n) is 9.70. The molecule has 0 amide bonds. The fourth-order valence-corrected chi connectivity index (χ4v) is 1.91. The molecule has 0 aliphatic rings. The molecule has 0 spiro atoms. The summed E-state index contributed by atoms with van der Waals surface area (Å²) < 4.78 is 0. The number of aryl methyl sites for hydroxylation is 2. The topological polar surface area (TPSA) is 38.9 Å². The zero-order valence-corrected chi connectivity index (χ0v) is 9.70. The Bertz CT molecular complexity index is 538. The van der Waals surface area contributed by atoms with Gasteiger partial charge in [-0.15, -0.1) is 6.58 Å². The van der Waals surface area contributed by atoms with E-state index in [1.165, 1.54) is 5.56 Å². The van der Waals surface area contributed by atoms with Gasteiger partial charge in [-0.05, 0) is 37.1 Å². The van der Waals surface area contributed by atoms with Crippen LogP contribution in [0.3, 0.4) is 0 Å². The number of aromatic nitrogens is 1. The Labute approximate surface area is 95.8 Å². The first-order valence-electron chi connectivity index (χ1n) is 5.38. The van der Waals surface area contributed by atoms with Crippen LogP contribution in [0.25, 0.3) is 10.9 Å². The summed E-state index contributed by atoms with van der Waals surface area (Å²) in [6.45, 7) is 7.80. The Morgan fingerprint density at radius 3 is 2.75 bits per heavy atom. The van der Waals surface area contributed by atoms with E-state index in [4.69, 9.17) is 5.73 Å². The highest BCUT2D eigenvalue weighted by molar-refractivity contribution is 5.83. The normalized spacial score (nSPS) is 12.7. The van der Waals surface area contributed by atoms with E-state index in [9.17, 15) is 0 Å². The molecule has 1 atom stereocenters. The summed E-state index contributed by atoms with van der Waals surface area (Å²) in [6, 6.07) is 8.15. The van der Waals surface area contributed by atoms with Gasteiger partial charge in [0.15, 0.2) is 0 Å². The standard InChI is InChI=1S/C14H16N2/c1-4-13(15)12-8-10(3)16-14-7-9(2)5-6-11(12)14/h4-8,13H,1,15H2,2-3H3/t13-/m1/s1. The summed E-state index contributed by atoms with van der Waals surface area (Å²) in [7, 11) is 0. The molecule has 1 heterocycles. The van der Waals surface area contributed by atoms with Gasteiger partial charge in [0.2, 0.25) is 0 Å². The Morgan fingerprint density at radius 1 is 1.31 bits per heavy atom. The maximum Gasteiger partial charge on any atom is 0.0711 e. The van der Waals surface area contributed by atoms with Gasteiger partial charge in [0, 0.05) is 17.1 Å². The first-order chi connectivity index (χ1) is 7.61. The second kappa shape index (κ2) is 4.06. The smallest absolute Gasteiger partial charge is 0.0711 e. The van der Waals surface area contributed by atoms with Gasteiger partial charge in [-0.25, -0.2) is 0 Å². The number of nitrogens with two attached hydrogens (primary N) is 1. The van der Waals surface area contributed by atoms with Gasteiger partial charge in [-0.1, -0.05) is 18.2 Å². The van der Waals surface area contributed by atoms with Crippen LogP contribution in [0.4, 0.5) is 0 Å². The lowest BCUT2D eigenvalue weighted by molar-refractivity contribution is 0.918. The van der Waals surface area contributed by atoms with Gasteiger partial charge in [-0.3, -0.25) is 4.98 Å². The first kappa shape index (κ1) is 10.8. The highest BCUT2D eigenvalue weighted by atomic mass is 14.7. The van der Waals surface area contributed by atoms with Crippen molar-refractivity contribution >= 4 is 10.9 Å². The molecule has 1 aromatic heterocycles. The third kappa shape index (κ3) is 1.84. The number of hydrogen-bond donors (Lipinski definition) is 1. The van der Waals surface area contributed by atoms with E-state index in [0.29, 0.717) is 0 Å². The van der Waals surface area contributed by atoms with E-state index in [2.05, 4.69) is 36.7 Å². The predicted octanol–water partition coefficient (Wildman–Crippen LogP) is 3.04. The summed E-state index contributed by atoms with van der Waals surface area (Å²) in [5.41, 5.74) is 10.3. The van der Waals surface area contributed by atoms with E-state index >= 15 is 0 Å². The summed E-state index contributed by atoms with van der Waals surface area (Å²) >= 11 is 0. The third-order valence-electron chi connectivity index (χ3n) is 2.74. The molecule has 2 aromatic rings. The van der Waals surface area contributed by atoms with Gasteiger partial charge < -0.3 is 5.73 Å². The van der Waals surface area contributed by atoms with E-state index < -0.39 is 0 Å². The average molecular weight is 212 g/mol. The highest BCUT2D eigenvalue weighted by Crippen LogP contribution is 2.24. The van der Waals surface area contributed by atoms with Crippen molar-refractivity contribution in [3.8, 4) is 0 Å². The van der Waals surface area contributed by atoms with Crippen LogP contribution in [-0.4, -0.2) is 4.98 Å². The quantitative estimate of drug-likeness (QED) is 0.777. The minimum absolute atomic E-state index is 0.132. The summed E-state index contributed by atoms with van der Waals surface area (Å²) in [5.74, 6) is 0. The second-order valence-corrected chi connectivity index (χ2v) is 4.13. The summed E-state index contributed by atoms with van der Waals surface area (Å²) in [6.07, 6.45) is 1.76. The predicted molar refractivity (Wildman–Crippen MR) is 68.3 cm³/mol. The Morgan fingerprint density at radius 2 is 2.06 bits per heavy atom. The van der Waals surface area contributed by atoms with Crippen molar-refractivity contribution < 1.29 is 0 Å². The first-order valence-corrected chi connectivity index (χ1v) is 5.38. The molecule has 0 saturated heterocycles. The molecule has 0 unspecified atom stereocenters. The van der Waals surface area contributed by atoms with Crippen LogP contribution >= 0.6 is 0 Å². The lowest BCUT2D eigenvalue weighted by atomic mass is 10.0.